The van der Waals surface area contributed by atoms with Gasteiger partial charge in [-0.25, -0.2) is 4.98 Å². The van der Waals surface area contributed by atoms with Gasteiger partial charge in [-0.15, -0.1) is 0 Å². The minimum absolute atomic E-state index is 0.0453. The smallest absolute Gasteiger partial charge is 0.243 e. The van der Waals surface area contributed by atoms with Gasteiger partial charge in [-0.05, 0) is 49.9 Å². The van der Waals surface area contributed by atoms with E-state index in [0.29, 0.717) is 11.0 Å². The molecule has 21 heavy (non-hydrogen) atoms. The summed E-state index contributed by atoms with van der Waals surface area (Å²) in [7, 11) is 0. The van der Waals surface area contributed by atoms with Gasteiger partial charge in [-0.3, -0.25) is 4.79 Å². The van der Waals surface area contributed by atoms with Crippen LogP contribution in [-0.4, -0.2) is 23.5 Å². The van der Waals surface area contributed by atoms with Crippen LogP contribution in [0.25, 0.3) is 10.2 Å². The molecule has 1 aromatic heterocycles. The summed E-state index contributed by atoms with van der Waals surface area (Å²) >= 11 is 1.54. The zero-order chi connectivity index (χ0) is 14.8. The molecule has 0 bridgehead atoms. The number of nitrogens with one attached hydrogen (secondary N) is 2. The van der Waals surface area contributed by atoms with E-state index >= 15 is 0 Å². The molecule has 2 N–H and O–H groups in total. The van der Waals surface area contributed by atoms with E-state index in [4.69, 9.17) is 0 Å². The molecule has 1 amide bonds. The Morgan fingerprint density at radius 3 is 3.19 bits per heavy atom. The number of anilines is 1. The second-order valence-electron chi connectivity index (χ2n) is 5.78. The summed E-state index contributed by atoms with van der Waals surface area (Å²) in [4.78, 5) is 16.9. The van der Waals surface area contributed by atoms with Crippen molar-refractivity contribution >= 4 is 32.6 Å². The van der Waals surface area contributed by atoms with Crippen LogP contribution in [0.3, 0.4) is 0 Å². The SMILES string of the molecule is CCC1CCNC(C(=O)Nc2nc3ccc(C)cc3s2)C1. The number of nitrogens with zero attached hydrogens (tertiary/aromatic N) is 1. The Kier molecular flexibility index (Phi) is 4.22. The first-order chi connectivity index (χ1) is 10.2. The molecule has 5 heteroatoms. The number of aryl methyl sites for hydroxylation is 1. The van der Waals surface area contributed by atoms with Crippen LogP contribution in [0.5, 0.6) is 0 Å². The highest BCUT2D eigenvalue weighted by Crippen LogP contribution is 2.27. The van der Waals surface area contributed by atoms with E-state index in [2.05, 4.69) is 35.5 Å². The Labute approximate surface area is 129 Å². The second-order valence-corrected chi connectivity index (χ2v) is 6.82. The molecule has 1 aromatic carbocycles. The van der Waals surface area contributed by atoms with Crippen LogP contribution >= 0.6 is 11.3 Å². The van der Waals surface area contributed by atoms with Crippen molar-refractivity contribution in [2.24, 2.45) is 5.92 Å². The first-order valence-electron chi connectivity index (χ1n) is 7.57. The van der Waals surface area contributed by atoms with Gasteiger partial charge in [0.15, 0.2) is 5.13 Å². The molecule has 2 aromatic rings. The molecule has 2 unspecified atom stereocenters. The number of thiazole rings is 1. The standard InChI is InChI=1S/C16H21N3OS/c1-3-11-6-7-17-13(9-11)15(20)19-16-18-12-5-4-10(2)8-14(12)21-16/h4-5,8,11,13,17H,3,6-7,9H2,1-2H3,(H,18,19,20). The lowest BCUT2D eigenvalue weighted by molar-refractivity contribution is -0.119. The summed E-state index contributed by atoms with van der Waals surface area (Å²) in [5, 5.41) is 6.98. The van der Waals surface area contributed by atoms with Crippen molar-refractivity contribution in [3.8, 4) is 0 Å². The molecule has 0 saturated carbocycles. The summed E-state index contributed by atoms with van der Waals surface area (Å²) in [5.41, 5.74) is 2.16. The monoisotopic (exact) mass is 303 g/mol. The predicted molar refractivity (Wildman–Crippen MR) is 87.8 cm³/mol. The maximum Gasteiger partial charge on any atom is 0.243 e. The molecular formula is C16H21N3OS. The van der Waals surface area contributed by atoms with Gasteiger partial charge in [0.05, 0.1) is 16.3 Å². The van der Waals surface area contributed by atoms with Gasteiger partial charge in [0.25, 0.3) is 0 Å². The number of fused-ring (bicyclic) bond motifs is 1. The van der Waals surface area contributed by atoms with Crippen LogP contribution in [-0.2, 0) is 4.79 Å². The maximum absolute atomic E-state index is 12.4. The van der Waals surface area contributed by atoms with Gasteiger partial charge in [0, 0.05) is 0 Å². The number of carbonyl (C=O) groups excluding carboxylic acids is 1. The average Bonchev–Trinajstić information content (AvgIpc) is 2.88. The normalized spacial score (nSPS) is 22.4. The van der Waals surface area contributed by atoms with Crippen LogP contribution in [0.2, 0.25) is 0 Å². The van der Waals surface area contributed by atoms with Crippen LogP contribution in [0.1, 0.15) is 31.7 Å². The third kappa shape index (κ3) is 3.24. The average molecular weight is 303 g/mol. The quantitative estimate of drug-likeness (QED) is 0.914. The molecule has 112 valence electrons. The molecular weight excluding hydrogens is 282 g/mol. The largest absolute Gasteiger partial charge is 0.306 e. The van der Waals surface area contributed by atoms with Crippen molar-refractivity contribution in [2.45, 2.75) is 39.2 Å². The minimum atomic E-state index is -0.0857. The first-order valence-corrected chi connectivity index (χ1v) is 8.39. The van der Waals surface area contributed by atoms with Crippen molar-refractivity contribution in [1.82, 2.24) is 10.3 Å². The number of hydrogen-bond donors (Lipinski definition) is 2. The summed E-state index contributed by atoms with van der Waals surface area (Å²) in [6.45, 7) is 5.19. The molecule has 4 nitrogen and oxygen atoms in total. The number of benzene rings is 1. The van der Waals surface area contributed by atoms with E-state index in [9.17, 15) is 4.79 Å². The Hall–Kier alpha value is -1.46. The fraction of sp³-hybridized carbons (Fsp3) is 0.500. The van der Waals surface area contributed by atoms with E-state index in [1.807, 2.05) is 12.1 Å². The summed E-state index contributed by atoms with van der Waals surface area (Å²) in [5.74, 6) is 0.698. The van der Waals surface area contributed by atoms with E-state index in [1.54, 1.807) is 0 Å². The highest BCUT2D eigenvalue weighted by molar-refractivity contribution is 7.22. The van der Waals surface area contributed by atoms with Gasteiger partial charge < -0.3 is 10.6 Å². The van der Waals surface area contributed by atoms with Crippen LogP contribution in [0.15, 0.2) is 18.2 Å². The van der Waals surface area contributed by atoms with Crippen LogP contribution < -0.4 is 10.6 Å². The highest BCUT2D eigenvalue weighted by atomic mass is 32.1. The van der Waals surface area contributed by atoms with Gasteiger partial charge >= 0.3 is 0 Å². The number of piperidine rings is 1. The lowest BCUT2D eigenvalue weighted by atomic mass is 9.90. The third-order valence-electron chi connectivity index (χ3n) is 4.18. The molecule has 0 spiro atoms. The van der Waals surface area contributed by atoms with E-state index in [-0.39, 0.29) is 11.9 Å². The first kappa shape index (κ1) is 14.5. The van der Waals surface area contributed by atoms with E-state index < -0.39 is 0 Å². The van der Waals surface area contributed by atoms with Crippen molar-refractivity contribution in [3.05, 3.63) is 23.8 Å². The molecule has 0 radical (unpaired) electrons. The summed E-state index contributed by atoms with van der Waals surface area (Å²) in [6, 6.07) is 6.07. The zero-order valence-electron chi connectivity index (χ0n) is 12.5. The molecule has 1 fully saturated rings. The lowest BCUT2D eigenvalue weighted by Crippen LogP contribution is -2.46. The van der Waals surface area contributed by atoms with Gasteiger partial charge in [-0.2, -0.15) is 0 Å². The molecule has 3 rings (SSSR count). The Morgan fingerprint density at radius 1 is 1.52 bits per heavy atom. The van der Waals surface area contributed by atoms with E-state index in [0.717, 1.165) is 29.6 Å². The molecule has 2 atom stereocenters. The molecule has 0 aliphatic carbocycles. The summed E-state index contributed by atoms with van der Waals surface area (Å²) < 4.78 is 1.12. The lowest BCUT2D eigenvalue weighted by Gasteiger charge is -2.28. The number of hydrogen-bond acceptors (Lipinski definition) is 4. The van der Waals surface area contributed by atoms with Crippen molar-refractivity contribution < 1.29 is 4.79 Å². The van der Waals surface area contributed by atoms with Crippen molar-refractivity contribution in [3.63, 3.8) is 0 Å². The fourth-order valence-corrected chi connectivity index (χ4v) is 3.81. The van der Waals surface area contributed by atoms with Crippen molar-refractivity contribution in [2.75, 3.05) is 11.9 Å². The summed E-state index contributed by atoms with van der Waals surface area (Å²) in [6.07, 6.45) is 3.24. The van der Waals surface area contributed by atoms with Crippen LogP contribution in [0.4, 0.5) is 5.13 Å². The Bertz CT molecular complexity index is 652. The Morgan fingerprint density at radius 2 is 2.38 bits per heavy atom. The van der Waals surface area contributed by atoms with Gasteiger partial charge in [0.2, 0.25) is 5.91 Å². The fourth-order valence-electron chi connectivity index (χ4n) is 2.84. The zero-order valence-corrected chi connectivity index (χ0v) is 13.3. The number of aromatic nitrogens is 1. The highest BCUT2D eigenvalue weighted by Gasteiger charge is 2.26. The molecule has 2 heterocycles. The minimum Gasteiger partial charge on any atom is -0.306 e. The molecule has 1 aliphatic rings. The number of carbonyl (C=O) groups is 1. The van der Waals surface area contributed by atoms with Gasteiger partial charge in [0.1, 0.15) is 0 Å². The topological polar surface area (TPSA) is 54.0 Å². The van der Waals surface area contributed by atoms with Crippen molar-refractivity contribution in [1.29, 1.82) is 0 Å². The number of rotatable bonds is 3. The molecule has 1 saturated heterocycles. The predicted octanol–water partition coefficient (Wildman–Crippen LogP) is 3.32. The third-order valence-corrected chi connectivity index (χ3v) is 5.11. The van der Waals surface area contributed by atoms with Gasteiger partial charge in [-0.1, -0.05) is 30.7 Å². The Balaban J connectivity index is 1.70. The number of amides is 1. The van der Waals surface area contributed by atoms with E-state index in [1.165, 1.54) is 23.3 Å². The van der Waals surface area contributed by atoms with Crippen LogP contribution in [0, 0.1) is 12.8 Å². The second kappa shape index (κ2) is 6.12. The maximum atomic E-state index is 12.4. The molecule has 1 aliphatic heterocycles.